The number of para-hydroxylation sites is 1. The fourth-order valence-corrected chi connectivity index (χ4v) is 3.86. The van der Waals surface area contributed by atoms with Gasteiger partial charge in [0.2, 0.25) is 5.95 Å². The number of nitrogens with zero attached hydrogens (tertiary/aromatic N) is 4. The Morgan fingerprint density at radius 2 is 1.82 bits per heavy atom. The van der Waals surface area contributed by atoms with Crippen LogP contribution in [0.15, 0.2) is 96.3 Å². The van der Waals surface area contributed by atoms with Crippen molar-refractivity contribution >= 4 is 34.5 Å². The number of rotatable bonds is 8. The Morgan fingerprint density at radius 1 is 0.974 bits per heavy atom. The molecule has 194 valence electrons. The normalized spacial score (nSPS) is 11.1. The Balaban J connectivity index is 1.20. The fraction of sp³-hybridized carbons (Fsp3) is 0.0690. The van der Waals surface area contributed by atoms with E-state index < -0.39 is 23.1 Å². The second-order valence-corrected chi connectivity index (χ2v) is 8.60. The minimum absolute atomic E-state index is 0.0560. The van der Waals surface area contributed by atoms with E-state index in [0.29, 0.717) is 11.5 Å². The molecule has 5 aromatic rings. The molecule has 0 saturated heterocycles. The second-order valence-electron chi connectivity index (χ2n) is 8.60. The van der Waals surface area contributed by atoms with Crippen molar-refractivity contribution in [2.75, 3.05) is 11.9 Å². The number of anilines is 2. The molecule has 0 aliphatic carbocycles. The lowest BCUT2D eigenvalue weighted by atomic mass is 10.1. The van der Waals surface area contributed by atoms with E-state index in [1.165, 1.54) is 18.6 Å². The molecule has 0 aliphatic heterocycles. The predicted octanol–water partition coefficient (Wildman–Crippen LogP) is 4.70. The summed E-state index contributed by atoms with van der Waals surface area (Å²) in [5, 5.41) is 6.69. The number of amides is 1. The number of halogens is 2. The highest BCUT2D eigenvalue weighted by Gasteiger charge is 2.13. The number of benzene rings is 3. The molecule has 10 heteroatoms. The van der Waals surface area contributed by atoms with Crippen molar-refractivity contribution in [2.24, 2.45) is 0 Å². The lowest BCUT2D eigenvalue weighted by Crippen LogP contribution is -2.33. The minimum Gasteiger partial charge on any atom is -0.348 e. The fourth-order valence-electron chi connectivity index (χ4n) is 3.86. The van der Waals surface area contributed by atoms with Crippen LogP contribution in [0.3, 0.4) is 0 Å². The smallest absolute Gasteiger partial charge is 0.266 e. The molecule has 0 atom stereocenters. The number of fused-ring (bicyclic) bond motifs is 1. The van der Waals surface area contributed by atoms with Gasteiger partial charge >= 0.3 is 0 Å². The maximum atomic E-state index is 13.5. The first-order chi connectivity index (χ1) is 19.0. The van der Waals surface area contributed by atoms with Crippen molar-refractivity contribution in [3.63, 3.8) is 0 Å². The maximum absolute atomic E-state index is 13.5. The average Bonchev–Trinajstić information content (AvgIpc) is 2.94. The largest absolute Gasteiger partial charge is 0.348 e. The third-order valence-electron chi connectivity index (χ3n) is 5.81. The Bertz CT molecular complexity index is 1740. The van der Waals surface area contributed by atoms with Gasteiger partial charge < -0.3 is 10.6 Å². The van der Waals surface area contributed by atoms with Gasteiger partial charge in [0.25, 0.3) is 11.5 Å². The van der Waals surface area contributed by atoms with Crippen LogP contribution in [0.1, 0.15) is 21.5 Å². The van der Waals surface area contributed by atoms with Crippen LogP contribution in [0, 0.1) is 11.6 Å². The van der Waals surface area contributed by atoms with E-state index in [1.807, 2.05) is 54.6 Å². The third kappa shape index (κ3) is 6.19. The summed E-state index contributed by atoms with van der Waals surface area (Å²) in [6, 6.07) is 18.7. The molecule has 0 aliphatic rings. The molecule has 2 aromatic heterocycles. The predicted molar refractivity (Wildman–Crippen MR) is 145 cm³/mol. The van der Waals surface area contributed by atoms with Gasteiger partial charge in [-0.15, -0.1) is 0 Å². The Labute approximate surface area is 221 Å². The standard InChI is InChI=1S/C29H22F2N6O2/c30-24-10-8-20(14-25(24)31)17-37-18-32-16-23(28(37)39)27(38)33-12-4-5-19-9-11-26-21(13-19)15-34-29(36-26)35-22-6-2-1-3-7-22/h1-11,13-16,18H,12,17H2,(H,33,38)(H,34,35,36). The summed E-state index contributed by atoms with van der Waals surface area (Å²) >= 11 is 0. The zero-order valence-electron chi connectivity index (χ0n) is 20.5. The van der Waals surface area contributed by atoms with Crippen molar-refractivity contribution in [1.29, 1.82) is 0 Å². The molecule has 39 heavy (non-hydrogen) atoms. The number of aromatic nitrogens is 4. The highest BCUT2D eigenvalue weighted by Crippen LogP contribution is 2.18. The highest BCUT2D eigenvalue weighted by molar-refractivity contribution is 5.93. The lowest BCUT2D eigenvalue weighted by Gasteiger charge is -2.08. The highest BCUT2D eigenvalue weighted by atomic mass is 19.2. The monoisotopic (exact) mass is 524 g/mol. The van der Waals surface area contributed by atoms with E-state index in [-0.39, 0.29) is 18.7 Å². The van der Waals surface area contributed by atoms with Crippen LogP contribution in [0.2, 0.25) is 0 Å². The first-order valence-corrected chi connectivity index (χ1v) is 12.0. The van der Waals surface area contributed by atoms with Gasteiger partial charge in [-0.3, -0.25) is 14.2 Å². The molecule has 2 N–H and O–H groups in total. The molecule has 3 aromatic carbocycles. The molecule has 0 radical (unpaired) electrons. The van der Waals surface area contributed by atoms with Crippen molar-refractivity contribution in [3.8, 4) is 0 Å². The molecular weight excluding hydrogens is 502 g/mol. The van der Waals surface area contributed by atoms with Gasteiger partial charge in [-0.05, 0) is 47.5 Å². The Kier molecular flexibility index (Phi) is 7.44. The van der Waals surface area contributed by atoms with Crippen molar-refractivity contribution in [3.05, 3.63) is 130 Å². The van der Waals surface area contributed by atoms with E-state index in [9.17, 15) is 18.4 Å². The summed E-state index contributed by atoms with van der Waals surface area (Å²) in [6.45, 7) is 0.115. The van der Waals surface area contributed by atoms with E-state index in [1.54, 1.807) is 12.3 Å². The quantitative estimate of drug-likeness (QED) is 0.305. The summed E-state index contributed by atoms with van der Waals surface area (Å²) in [5.41, 5.74) is 2.18. The zero-order chi connectivity index (χ0) is 27.2. The number of carbonyl (C=O) groups excluding carboxylic acids is 1. The van der Waals surface area contributed by atoms with Gasteiger partial charge in [-0.1, -0.05) is 42.5 Å². The third-order valence-corrected chi connectivity index (χ3v) is 5.81. The van der Waals surface area contributed by atoms with Crippen LogP contribution >= 0.6 is 0 Å². The molecule has 0 fully saturated rings. The van der Waals surface area contributed by atoms with Crippen LogP contribution in [-0.4, -0.2) is 32.0 Å². The molecule has 0 unspecified atom stereocenters. The summed E-state index contributed by atoms with van der Waals surface area (Å²) in [4.78, 5) is 38.2. The van der Waals surface area contributed by atoms with Crippen molar-refractivity contribution in [2.45, 2.75) is 6.54 Å². The van der Waals surface area contributed by atoms with E-state index in [4.69, 9.17) is 0 Å². The number of hydrogen-bond donors (Lipinski definition) is 2. The number of carbonyl (C=O) groups is 1. The molecular formula is C29H22F2N6O2. The average molecular weight is 525 g/mol. The second kappa shape index (κ2) is 11.4. The zero-order valence-corrected chi connectivity index (χ0v) is 20.5. The van der Waals surface area contributed by atoms with Crippen LogP contribution in [0.5, 0.6) is 0 Å². The van der Waals surface area contributed by atoms with E-state index in [2.05, 4.69) is 25.6 Å². The van der Waals surface area contributed by atoms with E-state index in [0.717, 1.165) is 38.9 Å². The van der Waals surface area contributed by atoms with Gasteiger partial charge in [-0.2, -0.15) is 0 Å². The summed E-state index contributed by atoms with van der Waals surface area (Å²) in [6.07, 6.45) is 7.74. The van der Waals surface area contributed by atoms with Crippen molar-refractivity contribution in [1.82, 2.24) is 24.8 Å². The molecule has 0 bridgehead atoms. The van der Waals surface area contributed by atoms with Gasteiger partial charge in [0.15, 0.2) is 11.6 Å². The van der Waals surface area contributed by atoms with Crippen LogP contribution in [-0.2, 0) is 6.54 Å². The van der Waals surface area contributed by atoms with Gasteiger partial charge in [0, 0.05) is 30.0 Å². The van der Waals surface area contributed by atoms with Gasteiger partial charge in [0.05, 0.1) is 18.4 Å². The van der Waals surface area contributed by atoms with Crippen LogP contribution in [0.25, 0.3) is 17.0 Å². The van der Waals surface area contributed by atoms with Crippen LogP contribution in [0.4, 0.5) is 20.4 Å². The molecule has 2 heterocycles. The SMILES string of the molecule is O=C(NCC=Cc1ccc2nc(Nc3ccccc3)ncc2c1)c1cncn(Cc2ccc(F)c(F)c2)c1=O. The molecule has 8 nitrogen and oxygen atoms in total. The topological polar surface area (TPSA) is 102 Å². The first kappa shape index (κ1) is 25.4. The first-order valence-electron chi connectivity index (χ1n) is 12.0. The lowest BCUT2D eigenvalue weighted by molar-refractivity contribution is 0.0955. The molecule has 1 amide bonds. The molecule has 5 rings (SSSR count). The number of hydrogen-bond acceptors (Lipinski definition) is 6. The van der Waals surface area contributed by atoms with Crippen molar-refractivity contribution < 1.29 is 13.6 Å². The van der Waals surface area contributed by atoms with Crippen LogP contribution < -0.4 is 16.2 Å². The van der Waals surface area contributed by atoms with E-state index >= 15 is 0 Å². The van der Waals surface area contributed by atoms with Gasteiger partial charge in [0.1, 0.15) is 5.56 Å². The van der Waals surface area contributed by atoms with Gasteiger partial charge in [-0.25, -0.2) is 23.7 Å². The Morgan fingerprint density at radius 3 is 2.64 bits per heavy atom. The maximum Gasteiger partial charge on any atom is 0.266 e. The Hall–Kier alpha value is -5.25. The summed E-state index contributed by atoms with van der Waals surface area (Å²) < 4.78 is 27.8. The molecule has 0 saturated carbocycles. The summed E-state index contributed by atoms with van der Waals surface area (Å²) in [7, 11) is 0. The molecule has 0 spiro atoms. The minimum atomic E-state index is -1.02. The summed E-state index contributed by atoms with van der Waals surface area (Å²) in [5.74, 6) is -2.09. The number of nitrogens with one attached hydrogen (secondary N) is 2.